The Balaban J connectivity index is 2.58. The Hall–Kier alpha value is -0.980. The summed E-state index contributed by atoms with van der Waals surface area (Å²) >= 11 is 4.77. The van der Waals surface area contributed by atoms with Crippen LogP contribution in [-0.2, 0) is 6.54 Å². The van der Waals surface area contributed by atoms with Crippen LogP contribution < -0.4 is 10.5 Å². The summed E-state index contributed by atoms with van der Waals surface area (Å²) in [6.45, 7) is 0.362. The summed E-state index contributed by atoms with van der Waals surface area (Å²) in [6.07, 6.45) is 0. The van der Waals surface area contributed by atoms with Crippen LogP contribution in [0.3, 0.4) is 0 Å². The summed E-state index contributed by atoms with van der Waals surface area (Å²) in [5.41, 5.74) is 6.21. The first-order valence-electron chi connectivity index (χ1n) is 4.85. The molecule has 17 heavy (non-hydrogen) atoms. The van der Waals surface area contributed by atoms with Crippen LogP contribution >= 0.6 is 27.3 Å². The van der Waals surface area contributed by atoms with Crippen molar-refractivity contribution in [3.8, 4) is 16.2 Å². The van der Waals surface area contributed by atoms with Gasteiger partial charge in [0.1, 0.15) is 21.2 Å². The fraction of sp³-hybridized carbons (Fsp3) is 0.182. The highest BCUT2D eigenvalue weighted by molar-refractivity contribution is 9.10. The molecule has 0 fully saturated rings. The maximum absolute atomic E-state index is 13.3. The predicted octanol–water partition coefficient (Wildman–Crippen LogP) is 3.18. The normalized spacial score (nSPS) is 10.6. The molecule has 2 N–H and O–H groups in total. The van der Waals surface area contributed by atoms with E-state index in [1.807, 2.05) is 0 Å². The van der Waals surface area contributed by atoms with E-state index in [-0.39, 0.29) is 5.82 Å². The number of benzene rings is 1. The molecule has 0 aliphatic rings. The van der Waals surface area contributed by atoms with Crippen LogP contribution in [0, 0.1) is 5.82 Å². The van der Waals surface area contributed by atoms with Crippen molar-refractivity contribution in [1.82, 2.24) is 4.98 Å². The first kappa shape index (κ1) is 12.5. The number of hydrogen-bond donors (Lipinski definition) is 1. The van der Waals surface area contributed by atoms with Crippen LogP contribution in [0.15, 0.2) is 22.8 Å². The van der Waals surface area contributed by atoms with Gasteiger partial charge in [-0.25, -0.2) is 9.37 Å². The molecule has 0 bridgehead atoms. The Morgan fingerprint density at radius 2 is 2.29 bits per heavy atom. The van der Waals surface area contributed by atoms with Gasteiger partial charge in [-0.1, -0.05) is 0 Å². The van der Waals surface area contributed by atoms with E-state index >= 15 is 0 Å². The molecule has 0 amide bonds. The van der Waals surface area contributed by atoms with Gasteiger partial charge in [-0.05, 0) is 34.1 Å². The molecule has 0 aliphatic carbocycles. The van der Waals surface area contributed by atoms with E-state index in [0.29, 0.717) is 22.5 Å². The zero-order valence-electron chi connectivity index (χ0n) is 9.04. The highest BCUT2D eigenvalue weighted by atomic mass is 79.9. The molecule has 0 aliphatic heterocycles. The standard InChI is InChI=1S/C11H10BrFN2OS/c1-16-8-3-2-6(13)4-7(8)10-11(12)15-9(5-14)17-10/h2-4H,5,14H2,1H3. The Labute approximate surface area is 111 Å². The minimum Gasteiger partial charge on any atom is -0.496 e. The van der Waals surface area contributed by atoms with Crippen LogP contribution in [0.5, 0.6) is 5.75 Å². The largest absolute Gasteiger partial charge is 0.496 e. The monoisotopic (exact) mass is 316 g/mol. The van der Waals surface area contributed by atoms with Crippen molar-refractivity contribution in [2.75, 3.05) is 7.11 Å². The number of ether oxygens (including phenoxy) is 1. The van der Waals surface area contributed by atoms with Gasteiger partial charge in [0.05, 0.1) is 12.0 Å². The van der Waals surface area contributed by atoms with E-state index in [9.17, 15) is 4.39 Å². The Kier molecular flexibility index (Phi) is 3.76. The Bertz CT molecular complexity index is 544. The molecule has 0 atom stereocenters. The van der Waals surface area contributed by atoms with Crippen molar-refractivity contribution >= 4 is 27.3 Å². The molecule has 0 unspecified atom stereocenters. The van der Waals surface area contributed by atoms with Gasteiger partial charge in [-0.3, -0.25) is 0 Å². The van der Waals surface area contributed by atoms with Gasteiger partial charge in [0.15, 0.2) is 0 Å². The maximum Gasteiger partial charge on any atom is 0.127 e. The highest BCUT2D eigenvalue weighted by Crippen LogP contribution is 2.39. The van der Waals surface area contributed by atoms with E-state index in [1.54, 1.807) is 13.2 Å². The Morgan fingerprint density at radius 1 is 1.53 bits per heavy atom. The van der Waals surface area contributed by atoms with Gasteiger partial charge < -0.3 is 10.5 Å². The summed E-state index contributed by atoms with van der Waals surface area (Å²) in [4.78, 5) is 5.06. The number of methoxy groups -OCH3 is 1. The fourth-order valence-corrected chi connectivity index (χ4v) is 3.10. The summed E-state index contributed by atoms with van der Waals surface area (Å²) in [7, 11) is 1.55. The van der Waals surface area contributed by atoms with Gasteiger partial charge in [-0.15, -0.1) is 11.3 Å². The third-order valence-electron chi connectivity index (χ3n) is 2.21. The van der Waals surface area contributed by atoms with Crippen molar-refractivity contribution in [3.05, 3.63) is 33.6 Å². The molecule has 3 nitrogen and oxygen atoms in total. The topological polar surface area (TPSA) is 48.1 Å². The summed E-state index contributed by atoms with van der Waals surface area (Å²) in [6, 6.07) is 4.39. The molecule has 0 radical (unpaired) electrons. The second kappa shape index (κ2) is 5.12. The number of rotatable bonds is 3. The molecule has 6 heteroatoms. The minimum absolute atomic E-state index is 0.310. The van der Waals surface area contributed by atoms with Gasteiger partial charge >= 0.3 is 0 Å². The summed E-state index contributed by atoms with van der Waals surface area (Å²) in [5, 5.41) is 0.790. The smallest absolute Gasteiger partial charge is 0.127 e. The summed E-state index contributed by atoms with van der Waals surface area (Å²) in [5.74, 6) is 0.301. The van der Waals surface area contributed by atoms with Gasteiger partial charge in [0.2, 0.25) is 0 Å². The Morgan fingerprint density at radius 3 is 2.88 bits per heavy atom. The van der Waals surface area contributed by atoms with Crippen LogP contribution in [0.2, 0.25) is 0 Å². The SMILES string of the molecule is COc1ccc(F)cc1-c1sc(CN)nc1Br. The molecular formula is C11H10BrFN2OS. The first-order valence-corrected chi connectivity index (χ1v) is 6.46. The lowest BCUT2D eigenvalue weighted by Gasteiger charge is -2.06. The zero-order chi connectivity index (χ0) is 12.4. The molecule has 0 spiro atoms. The van der Waals surface area contributed by atoms with Crippen molar-refractivity contribution in [2.24, 2.45) is 5.73 Å². The third kappa shape index (κ3) is 2.48. The molecule has 1 aromatic heterocycles. The average Bonchev–Trinajstić information content (AvgIpc) is 2.70. The number of halogens is 2. The molecule has 2 rings (SSSR count). The highest BCUT2D eigenvalue weighted by Gasteiger charge is 2.15. The number of nitrogens with zero attached hydrogens (tertiary/aromatic N) is 1. The van der Waals surface area contributed by atoms with E-state index in [2.05, 4.69) is 20.9 Å². The fourth-order valence-electron chi connectivity index (χ4n) is 1.45. The second-order valence-electron chi connectivity index (χ2n) is 3.28. The average molecular weight is 317 g/mol. The molecule has 1 heterocycles. The number of aromatic nitrogens is 1. The molecule has 90 valence electrons. The van der Waals surface area contributed by atoms with Crippen LogP contribution in [0.1, 0.15) is 5.01 Å². The van der Waals surface area contributed by atoms with Crippen molar-refractivity contribution in [2.45, 2.75) is 6.54 Å². The lowest BCUT2D eigenvalue weighted by atomic mass is 10.2. The van der Waals surface area contributed by atoms with E-state index in [0.717, 1.165) is 9.88 Å². The number of nitrogens with two attached hydrogens (primary N) is 1. The van der Waals surface area contributed by atoms with Crippen molar-refractivity contribution in [3.63, 3.8) is 0 Å². The first-order chi connectivity index (χ1) is 8.15. The van der Waals surface area contributed by atoms with Crippen molar-refractivity contribution < 1.29 is 9.13 Å². The molecule has 0 saturated heterocycles. The molecule has 2 aromatic rings. The van der Waals surface area contributed by atoms with Crippen LogP contribution in [-0.4, -0.2) is 12.1 Å². The maximum atomic E-state index is 13.3. The van der Waals surface area contributed by atoms with Gasteiger partial charge in [0.25, 0.3) is 0 Å². The molecule has 0 saturated carbocycles. The predicted molar refractivity (Wildman–Crippen MR) is 69.7 cm³/mol. The quantitative estimate of drug-likeness (QED) is 0.946. The molecule has 1 aromatic carbocycles. The van der Waals surface area contributed by atoms with E-state index in [4.69, 9.17) is 10.5 Å². The summed E-state index contributed by atoms with van der Waals surface area (Å²) < 4.78 is 19.2. The van der Waals surface area contributed by atoms with E-state index < -0.39 is 0 Å². The third-order valence-corrected chi connectivity index (χ3v) is 4.16. The van der Waals surface area contributed by atoms with E-state index in [1.165, 1.54) is 23.5 Å². The number of hydrogen-bond acceptors (Lipinski definition) is 4. The molecular weight excluding hydrogens is 307 g/mol. The lowest BCUT2D eigenvalue weighted by Crippen LogP contribution is -1.93. The van der Waals surface area contributed by atoms with Crippen molar-refractivity contribution in [1.29, 1.82) is 0 Å². The zero-order valence-corrected chi connectivity index (χ0v) is 11.4. The van der Waals surface area contributed by atoms with Gasteiger partial charge in [0, 0.05) is 12.1 Å². The van der Waals surface area contributed by atoms with Crippen LogP contribution in [0.25, 0.3) is 10.4 Å². The van der Waals surface area contributed by atoms with Crippen LogP contribution in [0.4, 0.5) is 4.39 Å². The lowest BCUT2D eigenvalue weighted by molar-refractivity contribution is 0.415. The second-order valence-corrected chi connectivity index (χ2v) is 5.11. The number of thiazole rings is 1. The minimum atomic E-state index is -0.310. The van der Waals surface area contributed by atoms with Gasteiger partial charge in [-0.2, -0.15) is 0 Å².